The van der Waals surface area contributed by atoms with Gasteiger partial charge in [-0.05, 0) is 13.0 Å². The molecule has 0 aliphatic carbocycles. The zero-order valence-corrected chi connectivity index (χ0v) is 12.0. The lowest BCUT2D eigenvalue weighted by atomic mass is 10.2. The van der Waals surface area contributed by atoms with E-state index in [0.29, 0.717) is 13.1 Å². The summed E-state index contributed by atoms with van der Waals surface area (Å²) in [4.78, 5) is 0. The van der Waals surface area contributed by atoms with E-state index in [0.717, 1.165) is 17.9 Å². The molecule has 106 valence electrons. The van der Waals surface area contributed by atoms with Gasteiger partial charge in [-0.3, -0.25) is 9.36 Å². The third kappa shape index (κ3) is 4.33. The number of hydrogen-bond donors (Lipinski definition) is 1. The van der Waals surface area contributed by atoms with Crippen LogP contribution in [0.3, 0.4) is 0 Å². The van der Waals surface area contributed by atoms with Crippen LogP contribution in [0.15, 0.2) is 18.5 Å². The molecule has 2 heterocycles. The summed E-state index contributed by atoms with van der Waals surface area (Å²) in [7, 11) is 1.91. The minimum absolute atomic E-state index is 0. The first kappa shape index (κ1) is 15.7. The van der Waals surface area contributed by atoms with Gasteiger partial charge < -0.3 is 5.32 Å². The summed E-state index contributed by atoms with van der Waals surface area (Å²) >= 11 is 0. The van der Waals surface area contributed by atoms with Gasteiger partial charge in [-0.1, -0.05) is 0 Å². The molecule has 0 aromatic carbocycles. The molecule has 2 aromatic rings. The Balaban J connectivity index is 0.00000180. The predicted molar refractivity (Wildman–Crippen MR) is 73.9 cm³/mol. The smallest absolute Gasteiger partial charge is 0.109 e. The molecule has 2 aromatic heterocycles. The van der Waals surface area contributed by atoms with Crippen LogP contribution in [0.25, 0.3) is 0 Å². The number of hydrogen-bond acceptors (Lipinski definition) is 3. The van der Waals surface area contributed by atoms with Crippen LogP contribution in [0.2, 0.25) is 0 Å². The highest BCUT2D eigenvalue weighted by Crippen LogP contribution is 2.04. The van der Waals surface area contributed by atoms with E-state index in [1.54, 1.807) is 10.9 Å². The van der Waals surface area contributed by atoms with E-state index < -0.39 is 0 Å². The zero-order valence-electron chi connectivity index (χ0n) is 11.1. The SMILES string of the molecule is Cc1nn(C)cc1CNCc1ccn(CCF)n1.Cl. The lowest BCUT2D eigenvalue weighted by Crippen LogP contribution is -2.14. The Morgan fingerprint density at radius 1 is 1.32 bits per heavy atom. The fraction of sp³-hybridized carbons (Fsp3) is 0.500. The summed E-state index contributed by atoms with van der Waals surface area (Å²) in [6, 6.07) is 1.90. The second-order valence-corrected chi connectivity index (χ2v) is 4.28. The Labute approximate surface area is 118 Å². The van der Waals surface area contributed by atoms with Crippen molar-refractivity contribution in [1.29, 1.82) is 0 Å². The molecule has 0 bridgehead atoms. The number of nitrogens with one attached hydrogen (secondary N) is 1. The summed E-state index contributed by atoms with van der Waals surface area (Å²) in [6.07, 6.45) is 3.80. The molecule has 0 aliphatic rings. The van der Waals surface area contributed by atoms with Gasteiger partial charge in [0.05, 0.1) is 17.9 Å². The van der Waals surface area contributed by atoms with Crippen molar-refractivity contribution in [1.82, 2.24) is 24.9 Å². The average Bonchev–Trinajstić information content (AvgIpc) is 2.87. The highest BCUT2D eigenvalue weighted by Gasteiger charge is 2.03. The first-order chi connectivity index (χ1) is 8.69. The molecule has 2 rings (SSSR count). The average molecular weight is 288 g/mol. The molecule has 5 nitrogen and oxygen atoms in total. The van der Waals surface area contributed by atoms with Crippen molar-refractivity contribution in [3.05, 3.63) is 35.4 Å². The minimum atomic E-state index is -0.385. The topological polar surface area (TPSA) is 47.7 Å². The lowest BCUT2D eigenvalue weighted by molar-refractivity contribution is 0.425. The second-order valence-electron chi connectivity index (χ2n) is 4.28. The molecule has 0 unspecified atom stereocenters. The van der Waals surface area contributed by atoms with Crippen molar-refractivity contribution < 1.29 is 4.39 Å². The number of aryl methyl sites for hydroxylation is 3. The predicted octanol–water partition coefficient (Wildman–Crippen LogP) is 1.61. The molecule has 0 radical (unpaired) electrons. The van der Waals surface area contributed by atoms with Crippen molar-refractivity contribution in [2.24, 2.45) is 7.05 Å². The van der Waals surface area contributed by atoms with Gasteiger partial charge in [0.15, 0.2) is 0 Å². The minimum Gasteiger partial charge on any atom is -0.307 e. The molecule has 7 heteroatoms. The van der Waals surface area contributed by atoms with Crippen LogP contribution < -0.4 is 5.32 Å². The Hall–Kier alpha value is -1.40. The standard InChI is InChI=1S/C12H18FN5.ClH/c1-10-11(9-17(2)15-10)7-14-8-12-3-5-18(16-12)6-4-13;/h3,5,9,14H,4,6-8H2,1-2H3;1H. The van der Waals surface area contributed by atoms with Gasteiger partial charge in [-0.25, -0.2) is 4.39 Å². The maximum absolute atomic E-state index is 12.1. The molecular weight excluding hydrogens is 269 g/mol. The fourth-order valence-corrected chi connectivity index (χ4v) is 1.86. The monoisotopic (exact) mass is 287 g/mol. The third-order valence-corrected chi connectivity index (χ3v) is 2.75. The first-order valence-corrected chi connectivity index (χ1v) is 5.97. The van der Waals surface area contributed by atoms with Crippen LogP contribution in [0.1, 0.15) is 17.0 Å². The number of rotatable bonds is 6. The maximum Gasteiger partial charge on any atom is 0.109 e. The van der Waals surface area contributed by atoms with Gasteiger partial charge in [-0.2, -0.15) is 10.2 Å². The fourth-order valence-electron chi connectivity index (χ4n) is 1.86. The number of halogens is 2. The quantitative estimate of drug-likeness (QED) is 0.878. The molecule has 0 saturated heterocycles. The molecule has 0 amide bonds. The van der Waals surface area contributed by atoms with Crippen molar-refractivity contribution in [3.63, 3.8) is 0 Å². The highest BCUT2D eigenvalue weighted by atomic mass is 35.5. The molecular formula is C12H19ClFN5. The zero-order chi connectivity index (χ0) is 13.0. The van der Waals surface area contributed by atoms with Crippen LogP contribution in [0, 0.1) is 6.92 Å². The van der Waals surface area contributed by atoms with Gasteiger partial charge in [0.1, 0.15) is 6.67 Å². The van der Waals surface area contributed by atoms with Crippen molar-refractivity contribution in [2.45, 2.75) is 26.6 Å². The van der Waals surface area contributed by atoms with E-state index in [1.807, 2.05) is 30.9 Å². The molecule has 0 aliphatic heterocycles. The van der Waals surface area contributed by atoms with Gasteiger partial charge >= 0.3 is 0 Å². The summed E-state index contributed by atoms with van der Waals surface area (Å²) in [5.74, 6) is 0. The van der Waals surface area contributed by atoms with Gasteiger partial charge in [0.25, 0.3) is 0 Å². The maximum atomic E-state index is 12.1. The van der Waals surface area contributed by atoms with E-state index in [9.17, 15) is 4.39 Å². The highest BCUT2D eigenvalue weighted by molar-refractivity contribution is 5.85. The van der Waals surface area contributed by atoms with Gasteiger partial charge in [-0.15, -0.1) is 12.4 Å². The van der Waals surface area contributed by atoms with E-state index in [4.69, 9.17) is 0 Å². The molecule has 0 saturated carbocycles. The van der Waals surface area contributed by atoms with Crippen LogP contribution in [0.4, 0.5) is 4.39 Å². The van der Waals surface area contributed by atoms with E-state index in [1.165, 1.54) is 5.56 Å². The van der Waals surface area contributed by atoms with E-state index in [-0.39, 0.29) is 19.1 Å². The van der Waals surface area contributed by atoms with Gasteiger partial charge in [0.2, 0.25) is 0 Å². The second kappa shape index (κ2) is 7.25. The molecule has 0 fully saturated rings. The molecule has 19 heavy (non-hydrogen) atoms. The van der Waals surface area contributed by atoms with E-state index >= 15 is 0 Å². The summed E-state index contributed by atoms with van der Waals surface area (Å²) in [5.41, 5.74) is 3.14. The summed E-state index contributed by atoms with van der Waals surface area (Å²) in [5, 5.41) is 11.8. The molecule has 0 spiro atoms. The van der Waals surface area contributed by atoms with Crippen LogP contribution >= 0.6 is 12.4 Å². The number of aromatic nitrogens is 4. The molecule has 0 atom stereocenters. The summed E-state index contributed by atoms with van der Waals surface area (Å²) < 4.78 is 15.5. The lowest BCUT2D eigenvalue weighted by Gasteiger charge is -2.01. The van der Waals surface area contributed by atoms with Crippen molar-refractivity contribution >= 4 is 12.4 Å². The number of alkyl halides is 1. The first-order valence-electron chi connectivity index (χ1n) is 5.97. The Bertz CT molecular complexity index is 508. The third-order valence-electron chi connectivity index (χ3n) is 2.75. The van der Waals surface area contributed by atoms with Gasteiger partial charge in [0, 0.05) is 38.1 Å². The van der Waals surface area contributed by atoms with Crippen LogP contribution in [-0.4, -0.2) is 26.2 Å². The molecule has 1 N–H and O–H groups in total. The van der Waals surface area contributed by atoms with Crippen LogP contribution in [0.5, 0.6) is 0 Å². The number of nitrogens with zero attached hydrogens (tertiary/aromatic N) is 4. The van der Waals surface area contributed by atoms with E-state index in [2.05, 4.69) is 15.5 Å². The Kier molecular flexibility index (Phi) is 5.98. The largest absolute Gasteiger partial charge is 0.307 e. The Morgan fingerprint density at radius 3 is 2.74 bits per heavy atom. The van der Waals surface area contributed by atoms with Crippen molar-refractivity contribution in [3.8, 4) is 0 Å². The van der Waals surface area contributed by atoms with Crippen molar-refractivity contribution in [2.75, 3.05) is 6.67 Å². The Morgan fingerprint density at radius 2 is 2.11 bits per heavy atom. The normalized spacial score (nSPS) is 10.5. The van der Waals surface area contributed by atoms with Crippen LogP contribution in [-0.2, 0) is 26.7 Å². The summed E-state index contributed by atoms with van der Waals surface area (Å²) in [6.45, 7) is 3.36.